The number of ether oxygens (including phenoxy) is 2. The molecule has 12 aromatic carbocycles. The van der Waals surface area contributed by atoms with Gasteiger partial charge in [0.1, 0.15) is 23.0 Å². The molecular formula is C66H40B2O2. The zero-order valence-corrected chi connectivity index (χ0v) is 38.6. The molecule has 0 radical (unpaired) electrons. The van der Waals surface area contributed by atoms with Gasteiger partial charge >= 0.3 is 0 Å². The first-order chi connectivity index (χ1) is 34.5. The summed E-state index contributed by atoms with van der Waals surface area (Å²) < 4.78 is 14.3. The van der Waals surface area contributed by atoms with Gasteiger partial charge in [-0.3, -0.25) is 0 Å². The van der Waals surface area contributed by atoms with Gasteiger partial charge in [0, 0.05) is 0 Å². The molecule has 16 rings (SSSR count). The maximum Gasteiger partial charge on any atom is 0.252 e. The third kappa shape index (κ3) is 5.20. The summed E-state index contributed by atoms with van der Waals surface area (Å²) in [6.07, 6.45) is 0. The van der Waals surface area contributed by atoms with E-state index in [-0.39, 0.29) is 13.4 Å². The highest BCUT2D eigenvalue weighted by Crippen LogP contribution is 2.49. The molecule has 0 fully saturated rings. The molecule has 0 bridgehead atoms. The number of aryl methyl sites for hydroxylation is 2. The highest BCUT2D eigenvalue weighted by atomic mass is 16.5. The van der Waals surface area contributed by atoms with E-state index in [0.29, 0.717) is 0 Å². The van der Waals surface area contributed by atoms with Crippen LogP contribution in [0.3, 0.4) is 0 Å². The minimum absolute atomic E-state index is 0.0189. The van der Waals surface area contributed by atoms with Crippen LogP contribution in [0, 0.1) is 13.8 Å². The molecule has 0 aliphatic carbocycles. The quantitative estimate of drug-likeness (QED) is 0.129. The van der Waals surface area contributed by atoms with Crippen molar-refractivity contribution in [1.29, 1.82) is 0 Å². The van der Waals surface area contributed by atoms with Crippen LogP contribution in [0.1, 0.15) is 11.1 Å². The first kappa shape index (κ1) is 38.4. The summed E-state index contributed by atoms with van der Waals surface area (Å²) in [5, 5.41) is 8.08. The van der Waals surface area contributed by atoms with Gasteiger partial charge < -0.3 is 9.47 Å². The van der Waals surface area contributed by atoms with Crippen LogP contribution in [0.2, 0.25) is 0 Å². The fourth-order valence-corrected chi connectivity index (χ4v) is 13.1. The van der Waals surface area contributed by atoms with E-state index in [0.717, 1.165) is 45.3 Å². The smallest absolute Gasteiger partial charge is 0.252 e. The van der Waals surface area contributed by atoms with Crippen molar-refractivity contribution in [3.05, 3.63) is 217 Å². The number of hydrogen-bond acceptors (Lipinski definition) is 2. The Morgan fingerprint density at radius 3 is 1.01 bits per heavy atom. The Balaban J connectivity index is 1.02. The Morgan fingerprint density at radius 1 is 0.271 bits per heavy atom. The van der Waals surface area contributed by atoms with Crippen molar-refractivity contribution < 1.29 is 9.47 Å². The van der Waals surface area contributed by atoms with Crippen molar-refractivity contribution in [3.8, 4) is 89.8 Å². The van der Waals surface area contributed by atoms with E-state index < -0.39 is 0 Å². The summed E-state index contributed by atoms with van der Waals surface area (Å²) in [7, 11) is 0. The van der Waals surface area contributed by atoms with Gasteiger partial charge in [-0.15, -0.1) is 0 Å². The summed E-state index contributed by atoms with van der Waals surface area (Å²) in [4.78, 5) is 0. The fraction of sp³-hybridized carbons (Fsp3) is 0.0303. The molecule has 2 nitrogen and oxygen atoms in total. The third-order valence-corrected chi connectivity index (χ3v) is 16.2. The second kappa shape index (κ2) is 14.0. The van der Waals surface area contributed by atoms with Gasteiger partial charge in [0.15, 0.2) is 0 Å². The van der Waals surface area contributed by atoms with Crippen molar-refractivity contribution in [2.24, 2.45) is 0 Å². The molecule has 4 heteroatoms. The van der Waals surface area contributed by atoms with Crippen LogP contribution in [0.4, 0.5) is 0 Å². The maximum absolute atomic E-state index is 7.16. The highest BCUT2D eigenvalue weighted by Gasteiger charge is 2.44. The number of hydrogen-bond donors (Lipinski definition) is 0. The molecular weight excluding hydrogens is 846 g/mol. The molecule has 4 heterocycles. The summed E-state index contributed by atoms with van der Waals surface area (Å²) in [5.74, 6) is 3.72. The predicted octanol–water partition coefficient (Wildman–Crippen LogP) is 13.1. The second-order valence-electron chi connectivity index (χ2n) is 19.9. The Labute approximate surface area is 406 Å². The van der Waals surface area contributed by atoms with Crippen LogP contribution in [0.15, 0.2) is 206 Å². The Kier molecular flexibility index (Phi) is 7.68. The first-order valence-electron chi connectivity index (χ1n) is 24.5. The standard InChI is InChI=1S/C66H40B2O2/c1-37-27-49-51-29-45(41-19-11-5-12-20-41)33-59-65(51)68(54-26-24-44(32-58(54)69-59)40-17-9-4-10-18-40)56-36-48-38(2)28-50-52-30-46(42-21-13-6-14-22-42)34-60-66(52)67(55-35-47(37)63(61(49)56)64(48)62(50)55)53-25-23-43(31-57(53)70-60)39-15-7-3-8-16-39/h3-36H,1-2H3. The van der Waals surface area contributed by atoms with E-state index in [9.17, 15) is 0 Å². The van der Waals surface area contributed by atoms with Crippen LogP contribution in [-0.2, 0) is 0 Å². The van der Waals surface area contributed by atoms with Crippen LogP contribution in [0.25, 0.3) is 99.1 Å². The fourth-order valence-electron chi connectivity index (χ4n) is 13.1. The number of rotatable bonds is 4. The van der Waals surface area contributed by atoms with E-state index in [1.165, 1.54) is 121 Å². The molecule has 70 heavy (non-hydrogen) atoms. The predicted molar refractivity (Wildman–Crippen MR) is 295 cm³/mol. The number of benzene rings is 12. The molecule has 0 N–H and O–H groups in total. The second-order valence-corrected chi connectivity index (χ2v) is 19.9. The molecule has 0 unspecified atom stereocenters. The van der Waals surface area contributed by atoms with Gasteiger partial charge in [-0.2, -0.15) is 0 Å². The molecule has 0 aromatic heterocycles. The lowest BCUT2D eigenvalue weighted by atomic mass is 9.31. The average Bonchev–Trinajstić information content (AvgIpc) is 3.42. The number of fused-ring (bicyclic) bond motifs is 8. The van der Waals surface area contributed by atoms with Crippen LogP contribution in [0.5, 0.6) is 23.0 Å². The molecule has 0 spiro atoms. The van der Waals surface area contributed by atoms with Crippen molar-refractivity contribution in [2.75, 3.05) is 0 Å². The molecule has 4 aliphatic rings. The summed E-state index contributed by atoms with van der Waals surface area (Å²) >= 11 is 0. The molecule has 12 aromatic rings. The lowest BCUT2D eigenvalue weighted by Crippen LogP contribution is -2.58. The lowest BCUT2D eigenvalue weighted by Gasteiger charge is -2.37. The van der Waals surface area contributed by atoms with E-state index in [1.54, 1.807) is 0 Å². The van der Waals surface area contributed by atoms with Crippen molar-refractivity contribution >= 4 is 78.5 Å². The van der Waals surface area contributed by atoms with Crippen LogP contribution >= 0.6 is 0 Å². The summed E-state index contributed by atoms with van der Waals surface area (Å²) in [6.45, 7) is 4.62. The molecule has 0 amide bonds. The SMILES string of the molecule is Cc1cc2c3c(cc4c(C)cc5c6c(cc1c3c46)B1c3ccc(-c4ccccc4)cc3Oc3cc(-c4ccccc4)cc-5c31)B1c3ccc(-c4ccccc4)cc3Oc3cc(-c4ccccc4)cc-2c31. The van der Waals surface area contributed by atoms with Gasteiger partial charge in [0.2, 0.25) is 0 Å². The molecule has 4 aliphatic heterocycles. The summed E-state index contributed by atoms with van der Waals surface area (Å²) in [5.41, 5.74) is 24.6. The van der Waals surface area contributed by atoms with E-state index >= 15 is 0 Å². The molecule has 322 valence electrons. The largest absolute Gasteiger partial charge is 0.458 e. The van der Waals surface area contributed by atoms with Gasteiger partial charge in [0.05, 0.1) is 0 Å². The van der Waals surface area contributed by atoms with E-state index in [4.69, 9.17) is 9.47 Å². The monoisotopic (exact) mass is 886 g/mol. The zero-order valence-electron chi connectivity index (χ0n) is 38.6. The van der Waals surface area contributed by atoms with Crippen molar-refractivity contribution in [1.82, 2.24) is 0 Å². The molecule has 0 saturated carbocycles. The average molecular weight is 887 g/mol. The van der Waals surface area contributed by atoms with Gasteiger partial charge in [-0.05, 0) is 182 Å². The van der Waals surface area contributed by atoms with Crippen molar-refractivity contribution in [3.63, 3.8) is 0 Å². The normalized spacial score (nSPS) is 13.2. The van der Waals surface area contributed by atoms with Gasteiger partial charge in [-0.25, -0.2) is 0 Å². The summed E-state index contributed by atoms with van der Waals surface area (Å²) in [6, 6.07) is 76.3. The Hall–Kier alpha value is -8.59. The zero-order chi connectivity index (χ0) is 45.9. The van der Waals surface area contributed by atoms with Crippen molar-refractivity contribution in [2.45, 2.75) is 13.8 Å². The lowest BCUT2D eigenvalue weighted by molar-refractivity contribution is 0.488. The van der Waals surface area contributed by atoms with E-state index in [1.807, 2.05) is 0 Å². The Morgan fingerprint density at radius 2 is 0.629 bits per heavy atom. The molecule has 0 saturated heterocycles. The third-order valence-electron chi connectivity index (χ3n) is 16.2. The van der Waals surface area contributed by atoms with E-state index in [2.05, 4.69) is 220 Å². The van der Waals surface area contributed by atoms with Gasteiger partial charge in [-0.1, -0.05) is 181 Å². The maximum atomic E-state index is 7.16. The minimum Gasteiger partial charge on any atom is -0.458 e. The van der Waals surface area contributed by atoms with Crippen LogP contribution < -0.4 is 42.3 Å². The highest BCUT2D eigenvalue weighted by molar-refractivity contribution is 7.01. The van der Waals surface area contributed by atoms with Gasteiger partial charge in [0.25, 0.3) is 13.4 Å². The topological polar surface area (TPSA) is 18.5 Å². The Bertz CT molecular complexity index is 3970. The minimum atomic E-state index is -0.0189. The first-order valence-corrected chi connectivity index (χ1v) is 24.5. The van der Waals surface area contributed by atoms with Crippen LogP contribution in [-0.4, -0.2) is 13.4 Å². The molecule has 0 atom stereocenters.